The highest BCUT2D eigenvalue weighted by molar-refractivity contribution is 6.62. The lowest BCUT2D eigenvalue weighted by molar-refractivity contribution is -0.0782. The summed E-state index contributed by atoms with van der Waals surface area (Å²) in [6.45, 7) is 17.8. The van der Waals surface area contributed by atoms with E-state index in [2.05, 4.69) is 55.4 Å². The fourth-order valence-corrected chi connectivity index (χ4v) is 7.63. The first-order chi connectivity index (χ1) is 15.8. The fourth-order valence-electron chi connectivity index (χ4n) is 7.63. The first kappa shape index (κ1) is 26.8. The van der Waals surface area contributed by atoms with Gasteiger partial charge in [-0.1, -0.05) is 38.5 Å². The fraction of sp³-hybridized carbons (Fsp3) is 0.929. The van der Waals surface area contributed by atoms with Crippen molar-refractivity contribution in [3.63, 3.8) is 0 Å². The monoisotopic (exact) mass is 472 g/mol. The lowest BCUT2D eigenvalue weighted by atomic mass is 9.52. The molecule has 0 unspecified atom stereocenters. The van der Waals surface area contributed by atoms with Crippen molar-refractivity contribution >= 4 is 14.2 Å². The molecule has 0 bridgehead atoms. The molecule has 0 aromatic heterocycles. The van der Waals surface area contributed by atoms with E-state index < -0.39 is 0 Å². The van der Waals surface area contributed by atoms with Crippen molar-refractivity contribution in [3.8, 4) is 0 Å². The quantitative estimate of drug-likeness (QED) is 0.398. The van der Waals surface area contributed by atoms with Gasteiger partial charge in [-0.05, 0) is 104 Å². The second-order valence-electron chi connectivity index (χ2n) is 14.1. The lowest BCUT2D eigenvalue weighted by Gasteiger charge is -2.49. The molecule has 0 aromatic carbocycles. The van der Waals surface area contributed by atoms with E-state index in [0.717, 1.165) is 12.8 Å². The predicted molar refractivity (Wildman–Crippen MR) is 142 cm³/mol. The Morgan fingerprint density at radius 2 is 0.735 bits per heavy atom. The largest absolute Gasteiger partial charge is 0.489 e. The molecule has 0 spiro atoms. The third-order valence-electron chi connectivity index (χ3n) is 8.34. The molecule has 2 saturated heterocycles. The SMILES string of the molecule is CC1(C)CC(C)(C)OB(C(=C(B2OC(C)(C)CC(C)(C)O2)C2CCCCC2)C2CCCCC2)O1. The van der Waals surface area contributed by atoms with Gasteiger partial charge in [0.15, 0.2) is 0 Å². The van der Waals surface area contributed by atoms with Gasteiger partial charge in [0.1, 0.15) is 0 Å². The van der Waals surface area contributed by atoms with Gasteiger partial charge in [0.2, 0.25) is 0 Å². The Kier molecular flexibility index (Phi) is 7.77. The van der Waals surface area contributed by atoms with Gasteiger partial charge in [-0.2, -0.15) is 0 Å². The van der Waals surface area contributed by atoms with Crippen molar-refractivity contribution in [1.82, 2.24) is 0 Å². The first-order valence-electron chi connectivity index (χ1n) is 14.2. The maximum atomic E-state index is 6.80. The lowest BCUT2D eigenvalue weighted by Crippen LogP contribution is -2.56. The highest BCUT2D eigenvalue weighted by Gasteiger charge is 2.52. The maximum absolute atomic E-state index is 6.80. The Bertz CT molecular complexity index is 652. The van der Waals surface area contributed by atoms with Crippen LogP contribution in [-0.2, 0) is 18.6 Å². The molecular weight excluding hydrogens is 422 g/mol. The molecule has 4 nitrogen and oxygen atoms in total. The van der Waals surface area contributed by atoms with E-state index in [1.165, 1.54) is 75.2 Å². The average Bonchev–Trinajstić information content (AvgIpc) is 2.68. The van der Waals surface area contributed by atoms with E-state index in [1.807, 2.05) is 0 Å². The van der Waals surface area contributed by atoms with Gasteiger partial charge in [0.25, 0.3) is 0 Å². The van der Waals surface area contributed by atoms with Crippen LogP contribution in [0.5, 0.6) is 0 Å². The minimum atomic E-state index is -0.320. The van der Waals surface area contributed by atoms with Crippen LogP contribution >= 0.6 is 0 Å². The predicted octanol–water partition coefficient (Wildman–Crippen LogP) is 7.49. The van der Waals surface area contributed by atoms with Gasteiger partial charge in [-0.15, -0.1) is 0 Å². The average molecular weight is 472 g/mol. The Morgan fingerprint density at radius 1 is 0.471 bits per heavy atom. The highest BCUT2D eigenvalue weighted by Crippen LogP contribution is 2.46. The number of rotatable bonds is 4. The Morgan fingerprint density at radius 3 is 1.00 bits per heavy atom. The van der Waals surface area contributed by atoms with Crippen molar-refractivity contribution in [3.05, 3.63) is 10.9 Å². The summed E-state index contributed by atoms with van der Waals surface area (Å²) < 4.78 is 27.2. The summed E-state index contributed by atoms with van der Waals surface area (Å²) in [5, 5.41) is 0. The molecule has 0 atom stereocenters. The van der Waals surface area contributed by atoms with Crippen LogP contribution in [0.25, 0.3) is 0 Å². The van der Waals surface area contributed by atoms with Crippen molar-refractivity contribution < 1.29 is 18.6 Å². The van der Waals surface area contributed by atoms with E-state index in [-0.39, 0.29) is 36.6 Å². The summed E-state index contributed by atoms with van der Waals surface area (Å²) in [4.78, 5) is 0. The molecule has 2 aliphatic carbocycles. The zero-order valence-electron chi connectivity index (χ0n) is 23.4. The van der Waals surface area contributed by atoms with E-state index in [4.69, 9.17) is 18.6 Å². The van der Waals surface area contributed by atoms with E-state index in [1.54, 1.807) is 0 Å². The molecule has 0 N–H and O–H groups in total. The van der Waals surface area contributed by atoms with Crippen LogP contribution in [0.15, 0.2) is 10.9 Å². The Labute approximate surface area is 210 Å². The number of allylic oxidation sites excluding steroid dienone is 2. The highest BCUT2D eigenvalue weighted by atomic mass is 16.6. The molecule has 34 heavy (non-hydrogen) atoms. The summed E-state index contributed by atoms with van der Waals surface area (Å²) in [5.74, 6) is 0.974. The molecule has 192 valence electrons. The van der Waals surface area contributed by atoms with Crippen LogP contribution in [-0.4, -0.2) is 36.6 Å². The number of hydrogen-bond donors (Lipinski definition) is 0. The minimum absolute atomic E-state index is 0.225. The molecule has 2 saturated carbocycles. The third kappa shape index (κ3) is 6.52. The molecule has 0 aromatic rings. The van der Waals surface area contributed by atoms with Gasteiger partial charge >= 0.3 is 14.2 Å². The third-order valence-corrected chi connectivity index (χ3v) is 8.34. The standard InChI is InChI=1S/C28H50B2O4/c1-25(2)19-26(3,4)32-29(31-25)23(21-15-11-9-12-16-21)24(22-17-13-10-14-18-22)30-33-27(5,6)20-28(7,8)34-30/h21-22H,9-20H2,1-8H3. The zero-order valence-corrected chi connectivity index (χ0v) is 23.4. The minimum Gasteiger partial charge on any atom is -0.402 e. The topological polar surface area (TPSA) is 36.9 Å². The Balaban J connectivity index is 1.85. The van der Waals surface area contributed by atoms with Crippen molar-refractivity contribution in [2.45, 2.75) is 155 Å². The summed E-state index contributed by atoms with van der Waals surface area (Å²) in [7, 11) is -0.641. The molecule has 6 heteroatoms. The molecule has 4 aliphatic rings. The van der Waals surface area contributed by atoms with Crippen LogP contribution in [0.1, 0.15) is 132 Å². The normalized spacial score (nSPS) is 30.7. The second-order valence-corrected chi connectivity index (χ2v) is 14.1. The van der Waals surface area contributed by atoms with Crippen molar-refractivity contribution in [2.24, 2.45) is 11.8 Å². The molecule has 0 amide bonds. The molecular formula is C28H50B2O4. The van der Waals surface area contributed by atoms with Gasteiger partial charge in [-0.3, -0.25) is 0 Å². The summed E-state index contributed by atoms with van der Waals surface area (Å²) in [6, 6.07) is 0. The molecule has 2 aliphatic heterocycles. The van der Waals surface area contributed by atoms with Crippen LogP contribution in [0, 0.1) is 11.8 Å². The zero-order chi connectivity index (χ0) is 24.8. The van der Waals surface area contributed by atoms with E-state index in [0.29, 0.717) is 11.8 Å². The molecule has 4 rings (SSSR count). The summed E-state index contributed by atoms with van der Waals surface area (Å²) >= 11 is 0. The van der Waals surface area contributed by atoms with Gasteiger partial charge in [-0.25, -0.2) is 0 Å². The molecule has 0 radical (unpaired) electrons. The summed E-state index contributed by atoms with van der Waals surface area (Å²) in [5.41, 5.74) is 1.86. The Hall–Kier alpha value is -0.290. The summed E-state index contributed by atoms with van der Waals surface area (Å²) in [6.07, 6.45) is 14.5. The maximum Gasteiger partial charge on any atom is 0.489 e. The van der Waals surface area contributed by atoms with Crippen LogP contribution < -0.4 is 0 Å². The van der Waals surface area contributed by atoms with Crippen molar-refractivity contribution in [2.75, 3.05) is 0 Å². The van der Waals surface area contributed by atoms with Crippen molar-refractivity contribution in [1.29, 1.82) is 0 Å². The van der Waals surface area contributed by atoms with Crippen LogP contribution in [0.2, 0.25) is 0 Å². The molecule has 2 heterocycles. The first-order valence-corrected chi connectivity index (χ1v) is 14.2. The number of hydrogen-bond acceptors (Lipinski definition) is 4. The van der Waals surface area contributed by atoms with Crippen LogP contribution in [0.3, 0.4) is 0 Å². The van der Waals surface area contributed by atoms with Gasteiger partial charge < -0.3 is 18.6 Å². The van der Waals surface area contributed by atoms with E-state index >= 15 is 0 Å². The van der Waals surface area contributed by atoms with Gasteiger partial charge in [0, 0.05) is 12.8 Å². The van der Waals surface area contributed by atoms with Crippen LogP contribution in [0.4, 0.5) is 0 Å². The molecule has 4 fully saturated rings. The van der Waals surface area contributed by atoms with E-state index in [9.17, 15) is 0 Å². The smallest absolute Gasteiger partial charge is 0.402 e. The van der Waals surface area contributed by atoms with Gasteiger partial charge in [0.05, 0.1) is 22.4 Å². The second kappa shape index (κ2) is 9.88.